The number of hydrogen-bond acceptors (Lipinski definition) is 5. The van der Waals surface area contributed by atoms with Crippen LogP contribution in [0.5, 0.6) is 0 Å². The van der Waals surface area contributed by atoms with Crippen molar-refractivity contribution in [2.24, 2.45) is 0 Å². The van der Waals surface area contributed by atoms with Gasteiger partial charge in [0.15, 0.2) is 16.5 Å². The molecule has 0 aliphatic heterocycles. The van der Waals surface area contributed by atoms with Crippen LogP contribution in [-0.2, 0) is 6.42 Å². The van der Waals surface area contributed by atoms with Gasteiger partial charge in [0.1, 0.15) is 11.3 Å². The van der Waals surface area contributed by atoms with Crippen LogP contribution in [0.2, 0.25) is 0 Å². The first kappa shape index (κ1) is 23.5. The number of benzene rings is 3. The number of hydrogen-bond donors (Lipinski definition) is 2. The summed E-state index contributed by atoms with van der Waals surface area (Å²) < 4.78 is 11.7. The fourth-order valence-electron chi connectivity index (χ4n) is 3.85. The summed E-state index contributed by atoms with van der Waals surface area (Å²) in [5, 5.41) is 5.86. The van der Waals surface area contributed by atoms with E-state index in [4.69, 9.17) is 21.1 Å². The molecule has 5 aromatic rings. The lowest BCUT2D eigenvalue weighted by Crippen LogP contribution is -2.33. The van der Waals surface area contributed by atoms with Gasteiger partial charge in [-0.25, -0.2) is 4.98 Å². The van der Waals surface area contributed by atoms with E-state index in [-0.39, 0.29) is 10.9 Å². The molecule has 7 heteroatoms. The topological polar surface area (TPSA) is 80.3 Å². The summed E-state index contributed by atoms with van der Waals surface area (Å²) in [7, 11) is 0. The van der Waals surface area contributed by atoms with E-state index >= 15 is 0 Å². The van der Waals surface area contributed by atoms with Crippen molar-refractivity contribution in [2.45, 2.75) is 27.2 Å². The van der Waals surface area contributed by atoms with E-state index in [0.29, 0.717) is 11.7 Å². The number of aryl methyl sites for hydroxylation is 3. The Labute approximate surface area is 214 Å². The first-order valence-corrected chi connectivity index (χ1v) is 12.1. The summed E-state index contributed by atoms with van der Waals surface area (Å²) in [4.78, 5) is 17.2. The molecule has 0 saturated heterocycles. The summed E-state index contributed by atoms with van der Waals surface area (Å²) >= 11 is 5.32. The molecule has 0 aliphatic carbocycles. The van der Waals surface area contributed by atoms with E-state index in [9.17, 15) is 4.79 Å². The van der Waals surface area contributed by atoms with Crippen LogP contribution in [0.1, 0.15) is 34.2 Å². The van der Waals surface area contributed by atoms with Gasteiger partial charge >= 0.3 is 0 Å². The van der Waals surface area contributed by atoms with E-state index in [1.165, 1.54) is 11.1 Å². The molecule has 5 rings (SSSR count). The third kappa shape index (κ3) is 4.92. The van der Waals surface area contributed by atoms with Crippen LogP contribution in [0, 0.1) is 13.8 Å². The van der Waals surface area contributed by atoms with Gasteiger partial charge in [-0.05, 0) is 104 Å². The molecule has 3 aromatic carbocycles. The Morgan fingerprint density at radius 1 is 0.889 bits per heavy atom. The maximum Gasteiger partial charge on any atom is 0.293 e. The maximum absolute atomic E-state index is 12.6. The van der Waals surface area contributed by atoms with Crippen molar-refractivity contribution in [1.29, 1.82) is 0 Å². The molecule has 0 saturated carbocycles. The number of nitrogens with zero attached hydrogens (tertiary/aromatic N) is 1. The average molecular weight is 496 g/mol. The van der Waals surface area contributed by atoms with Gasteiger partial charge in [-0.3, -0.25) is 10.1 Å². The number of rotatable bonds is 5. The molecular weight excluding hydrogens is 470 g/mol. The van der Waals surface area contributed by atoms with E-state index in [0.717, 1.165) is 39.9 Å². The Kier molecular flexibility index (Phi) is 6.40. The average Bonchev–Trinajstić information content (AvgIpc) is 3.53. The smallest absolute Gasteiger partial charge is 0.293 e. The zero-order valence-electron chi connectivity index (χ0n) is 20.2. The van der Waals surface area contributed by atoms with Crippen LogP contribution in [-0.4, -0.2) is 16.0 Å². The molecule has 2 heterocycles. The second kappa shape index (κ2) is 9.79. The highest BCUT2D eigenvalue weighted by Gasteiger charge is 2.15. The first-order chi connectivity index (χ1) is 17.4. The van der Waals surface area contributed by atoms with E-state index in [1.807, 2.05) is 67.6 Å². The number of carbonyl (C=O) groups excluding carboxylic acids is 1. The summed E-state index contributed by atoms with van der Waals surface area (Å²) in [6, 6.07) is 23.0. The molecule has 6 nitrogen and oxygen atoms in total. The quantitative estimate of drug-likeness (QED) is 0.254. The van der Waals surface area contributed by atoms with Crippen LogP contribution in [0.15, 0.2) is 81.6 Å². The summed E-state index contributed by atoms with van der Waals surface area (Å²) in [5.41, 5.74) is 7.67. The second-order valence-corrected chi connectivity index (χ2v) is 9.03. The lowest BCUT2D eigenvalue weighted by molar-refractivity contribution is 0.0951. The Hall–Kier alpha value is -4.23. The molecule has 0 bridgehead atoms. The zero-order chi connectivity index (χ0) is 25.2. The highest BCUT2D eigenvalue weighted by atomic mass is 32.1. The van der Waals surface area contributed by atoms with Gasteiger partial charge in [-0.1, -0.05) is 25.1 Å². The largest absolute Gasteiger partial charge is 0.451 e. The van der Waals surface area contributed by atoms with E-state index < -0.39 is 5.91 Å². The van der Waals surface area contributed by atoms with Crippen LogP contribution >= 0.6 is 12.2 Å². The van der Waals surface area contributed by atoms with Gasteiger partial charge in [-0.15, -0.1) is 0 Å². The minimum Gasteiger partial charge on any atom is -0.451 e. The molecule has 2 aromatic heterocycles. The zero-order valence-corrected chi connectivity index (χ0v) is 21.0. The first-order valence-electron chi connectivity index (χ1n) is 11.7. The highest BCUT2D eigenvalue weighted by Crippen LogP contribution is 2.27. The van der Waals surface area contributed by atoms with Crippen molar-refractivity contribution in [3.8, 4) is 22.8 Å². The third-order valence-corrected chi connectivity index (χ3v) is 6.30. The van der Waals surface area contributed by atoms with Gasteiger partial charge in [0, 0.05) is 16.8 Å². The molecule has 0 spiro atoms. The molecule has 0 atom stereocenters. The number of fused-ring (bicyclic) bond motifs is 1. The Bertz CT molecular complexity index is 1580. The molecule has 2 N–H and O–H groups in total. The number of oxazole rings is 1. The molecule has 0 radical (unpaired) electrons. The van der Waals surface area contributed by atoms with Crippen molar-refractivity contribution in [2.75, 3.05) is 5.32 Å². The van der Waals surface area contributed by atoms with Crippen molar-refractivity contribution in [1.82, 2.24) is 10.3 Å². The van der Waals surface area contributed by atoms with Crippen LogP contribution in [0.3, 0.4) is 0 Å². The Balaban J connectivity index is 1.22. The van der Waals surface area contributed by atoms with Gasteiger partial charge in [0.2, 0.25) is 5.89 Å². The minimum atomic E-state index is -0.419. The van der Waals surface area contributed by atoms with Crippen molar-refractivity contribution in [3.63, 3.8) is 0 Å². The summed E-state index contributed by atoms with van der Waals surface area (Å²) in [6.07, 6.45) is 0.947. The normalized spacial score (nSPS) is 11.0. The van der Waals surface area contributed by atoms with E-state index in [1.54, 1.807) is 12.1 Å². The number of aromatic nitrogens is 1. The van der Waals surface area contributed by atoms with Gasteiger partial charge < -0.3 is 14.2 Å². The number of anilines is 1. The Morgan fingerprint density at radius 3 is 2.42 bits per heavy atom. The molecule has 1 amide bonds. The second-order valence-electron chi connectivity index (χ2n) is 8.62. The molecule has 0 unspecified atom stereocenters. The predicted octanol–water partition coefficient (Wildman–Crippen LogP) is 7.06. The molecular formula is C29H25N3O3S. The van der Waals surface area contributed by atoms with Gasteiger partial charge in [-0.2, -0.15) is 0 Å². The fraction of sp³-hybridized carbons (Fsp3) is 0.138. The lowest BCUT2D eigenvalue weighted by atomic mass is 10.1. The number of furan rings is 1. The number of carbonyl (C=O) groups is 1. The van der Waals surface area contributed by atoms with Crippen LogP contribution < -0.4 is 10.6 Å². The van der Waals surface area contributed by atoms with Crippen LogP contribution in [0.25, 0.3) is 33.9 Å². The third-order valence-electron chi connectivity index (χ3n) is 6.10. The number of amides is 1. The van der Waals surface area contributed by atoms with Gasteiger partial charge in [0.25, 0.3) is 5.91 Å². The maximum atomic E-state index is 12.6. The molecule has 0 fully saturated rings. The minimum absolute atomic E-state index is 0.172. The predicted molar refractivity (Wildman–Crippen MR) is 146 cm³/mol. The van der Waals surface area contributed by atoms with Gasteiger partial charge in [0.05, 0.1) is 0 Å². The van der Waals surface area contributed by atoms with Crippen LogP contribution in [0.4, 0.5) is 5.69 Å². The Morgan fingerprint density at radius 2 is 1.67 bits per heavy atom. The molecule has 0 aliphatic rings. The van der Waals surface area contributed by atoms with Crippen molar-refractivity contribution >= 4 is 40.0 Å². The monoisotopic (exact) mass is 495 g/mol. The highest BCUT2D eigenvalue weighted by molar-refractivity contribution is 7.80. The van der Waals surface area contributed by atoms with Crippen molar-refractivity contribution < 1.29 is 13.6 Å². The summed E-state index contributed by atoms with van der Waals surface area (Å²) in [6.45, 7) is 6.21. The summed E-state index contributed by atoms with van der Waals surface area (Å²) in [5.74, 6) is 0.947. The molecule has 180 valence electrons. The standard InChI is InChI=1S/C29H25N3O3S/c1-4-19-6-12-25-23(16-19)31-28(35-25)20-8-10-22(11-9-20)30-29(36)32-27(33)26-14-13-24(34-26)21-7-5-17(2)18(3)15-21/h5-16H,4H2,1-3H3,(H2,30,32,33,36). The van der Waals surface area contributed by atoms with Crippen molar-refractivity contribution in [3.05, 3.63) is 95.2 Å². The SMILES string of the molecule is CCc1ccc2oc(-c3ccc(NC(=S)NC(=O)c4ccc(-c5ccc(C)c(C)c5)o4)cc3)nc2c1. The molecule has 36 heavy (non-hydrogen) atoms. The fourth-order valence-corrected chi connectivity index (χ4v) is 4.06. The van der Waals surface area contributed by atoms with E-state index in [2.05, 4.69) is 29.5 Å². The number of thiocarbonyl (C=S) groups is 1. The lowest BCUT2D eigenvalue weighted by Gasteiger charge is -2.09. The number of nitrogens with one attached hydrogen (secondary N) is 2.